The average molecular weight is 239 g/mol. The van der Waals surface area contributed by atoms with Gasteiger partial charge < -0.3 is 11.1 Å². The first-order chi connectivity index (χ1) is 8.13. The van der Waals surface area contributed by atoms with Crippen molar-refractivity contribution in [2.45, 2.75) is 6.42 Å². The lowest BCUT2D eigenvalue weighted by Crippen LogP contribution is -2.06. The summed E-state index contributed by atoms with van der Waals surface area (Å²) in [5.41, 5.74) is 5.90. The van der Waals surface area contributed by atoms with Gasteiger partial charge in [-0.25, -0.2) is 13.9 Å². The molecule has 2 rings (SSSR count). The number of anilines is 2. The van der Waals surface area contributed by atoms with Gasteiger partial charge >= 0.3 is 0 Å². The van der Waals surface area contributed by atoms with Gasteiger partial charge in [-0.15, -0.1) is 5.10 Å². The average Bonchev–Trinajstić information content (AvgIpc) is 2.63. The molecular weight excluding hydrogens is 228 g/mol. The Hall–Kier alpha value is -2.18. The highest BCUT2D eigenvalue weighted by atomic mass is 19.1. The van der Waals surface area contributed by atoms with E-state index in [1.807, 2.05) is 0 Å². The van der Waals surface area contributed by atoms with Crippen molar-refractivity contribution in [1.29, 1.82) is 0 Å². The number of nitrogen functional groups attached to an aromatic ring is 1. The maximum Gasteiger partial charge on any atom is 0.243 e. The van der Waals surface area contributed by atoms with Gasteiger partial charge in [0, 0.05) is 12.6 Å². The highest BCUT2D eigenvalue weighted by Gasteiger charge is 2.02. The fraction of sp³-hybridized carbons (Fsp3) is 0.200. The first-order valence-corrected chi connectivity index (χ1v) is 5.00. The van der Waals surface area contributed by atoms with Gasteiger partial charge in [-0.1, -0.05) is 0 Å². The van der Waals surface area contributed by atoms with E-state index in [0.717, 1.165) is 6.07 Å². The maximum atomic E-state index is 12.9. The molecule has 1 heterocycles. The second-order valence-electron chi connectivity index (χ2n) is 3.50. The molecule has 0 spiro atoms. The van der Waals surface area contributed by atoms with Gasteiger partial charge in [-0.2, -0.15) is 4.98 Å². The number of benzene rings is 1. The SMILES string of the molecule is Nc1nc(NCCc2cc(F)cc(F)c2)n[nH]1. The van der Waals surface area contributed by atoms with Crippen molar-refractivity contribution in [3.8, 4) is 0 Å². The lowest BCUT2D eigenvalue weighted by molar-refractivity contribution is 0.580. The summed E-state index contributed by atoms with van der Waals surface area (Å²) in [4.78, 5) is 3.83. The fourth-order valence-corrected chi connectivity index (χ4v) is 1.43. The molecule has 0 aliphatic heterocycles. The summed E-state index contributed by atoms with van der Waals surface area (Å²) in [7, 11) is 0. The molecule has 7 heteroatoms. The van der Waals surface area contributed by atoms with E-state index in [2.05, 4.69) is 20.5 Å². The van der Waals surface area contributed by atoms with Crippen LogP contribution in [-0.4, -0.2) is 21.7 Å². The van der Waals surface area contributed by atoms with Crippen molar-refractivity contribution >= 4 is 11.9 Å². The molecule has 0 atom stereocenters. The van der Waals surface area contributed by atoms with Crippen LogP contribution >= 0.6 is 0 Å². The summed E-state index contributed by atoms with van der Waals surface area (Å²) < 4.78 is 25.7. The Morgan fingerprint density at radius 1 is 1.24 bits per heavy atom. The molecule has 0 aliphatic rings. The van der Waals surface area contributed by atoms with Gasteiger partial charge in [-0.05, 0) is 24.1 Å². The number of halogens is 2. The minimum absolute atomic E-state index is 0.212. The molecule has 0 unspecified atom stereocenters. The first-order valence-electron chi connectivity index (χ1n) is 5.00. The summed E-state index contributed by atoms with van der Waals surface area (Å²) in [6.45, 7) is 0.459. The molecule has 5 nitrogen and oxygen atoms in total. The molecule has 0 fully saturated rings. The quantitative estimate of drug-likeness (QED) is 0.751. The largest absolute Gasteiger partial charge is 0.368 e. The van der Waals surface area contributed by atoms with Gasteiger partial charge in [-0.3, -0.25) is 0 Å². The number of nitrogens with zero attached hydrogens (tertiary/aromatic N) is 2. The molecule has 2 aromatic rings. The Kier molecular flexibility index (Phi) is 3.17. The van der Waals surface area contributed by atoms with Crippen LogP contribution in [0.2, 0.25) is 0 Å². The Morgan fingerprint density at radius 2 is 1.94 bits per heavy atom. The van der Waals surface area contributed by atoms with Gasteiger partial charge in [0.05, 0.1) is 0 Å². The molecule has 0 saturated carbocycles. The van der Waals surface area contributed by atoms with Crippen molar-refractivity contribution < 1.29 is 8.78 Å². The predicted molar refractivity (Wildman–Crippen MR) is 59.3 cm³/mol. The molecule has 17 heavy (non-hydrogen) atoms. The van der Waals surface area contributed by atoms with Crippen molar-refractivity contribution in [2.24, 2.45) is 0 Å². The van der Waals surface area contributed by atoms with E-state index in [9.17, 15) is 8.78 Å². The highest BCUT2D eigenvalue weighted by molar-refractivity contribution is 5.30. The topological polar surface area (TPSA) is 79.6 Å². The second-order valence-corrected chi connectivity index (χ2v) is 3.50. The van der Waals surface area contributed by atoms with Crippen LogP contribution in [0.25, 0.3) is 0 Å². The maximum absolute atomic E-state index is 12.9. The zero-order valence-electron chi connectivity index (χ0n) is 8.87. The molecule has 0 bridgehead atoms. The molecule has 0 aliphatic carbocycles. The Balaban J connectivity index is 1.89. The van der Waals surface area contributed by atoms with Crippen LogP contribution in [0.4, 0.5) is 20.7 Å². The number of hydrogen-bond acceptors (Lipinski definition) is 4. The van der Waals surface area contributed by atoms with E-state index >= 15 is 0 Å². The van der Waals surface area contributed by atoms with Gasteiger partial charge in [0.1, 0.15) is 11.6 Å². The van der Waals surface area contributed by atoms with E-state index in [-0.39, 0.29) is 5.95 Å². The van der Waals surface area contributed by atoms with Crippen molar-refractivity contribution in [3.05, 3.63) is 35.4 Å². The van der Waals surface area contributed by atoms with Crippen LogP contribution in [0, 0.1) is 11.6 Å². The molecule has 0 amide bonds. The van der Waals surface area contributed by atoms with Crippen LogP contribution in [0.1, 0.15) is 5.56 Å². The van der Waals surface area contributed by atoms with Crippen molar-refractivity contribution in [2.75, 3.05) is 17.6 Å². The van der Waals surface area contributed by atoms with E-state index in [0.29, 0.717) is 24.5 Å². The summed E-state index contributed by atoms with van der Waals surface area (Å²) in [6.07, 6.45) is 0.461. The van der Waals surface area contributed by atoms with E-state index in [1.54, 1.807) is 0 Å². The van der Waals surface area contributed by atoms with Crippen LogP contribution in [0.15, 0.2) is 18.2 Å². The van der Waals surface area contributed by atoms with Crippen LogP contribution < -0.4 is 11.1 Å². The number of aromatic nitrogens is 3. The summed E-state index contributed by atoms with van der Waals surface area (Å²) in [6, 6.07) is 3.42. The number of nitrogens with two attached hydrogens (primary N) is 1. The molecule has 0 saturated heterocycles. The van der Waals surface area contributed by atoms with Gasteiger partial charge in [0.15, 0.2) is 0 Å². The van der Waals surface area contributed by atoms with Crippen LogP contribution in [0.5, 0.6) is 0 Å². The van der Waals surface area contributed by atoms with Crippen LogP contribution in [-0.2, 0) is 6.42 Å². The summed E-state index contributed by atoms with van der Waals surface area (Å²) >= 11 is 0. The number of H-pyrrole nitrogens is 1. The summed E-state index contributed by atoms with van der Waals surface area (Å²) in [5, 5.41) is 9.11. The van der Waals surface area contributed by atoms with Crippen LogP contribution in [0.3, 0.4) is 0 Å². The normalized spacial score (nSPS) is 10.5. The van der Waals surface area contributed by atoms with Gasteiger partial charge in [0.25, 0.3) is 0 Å². The molecular formula is C10H11F2N5. The van der Waals surface area contributed by atoms with E-state index in [1.165, 1.54) is 12.1 Å². The Morgan fingerprint density at radius 3 is 2.53 bits per heavy atom. The number of hydrogen-bond donors (Lipinski definition) is 3. The number of aromatic amines is 1. The van der Waals surface area contributed by atoms with Gasteiger partial charge in [0.2, 0.25) is 11.9 Å². The number of rotatable bonds is 4. The Labute approximate surface area is 96.1 Å². The summed E-state index contributed by atoms with van der Waals surface area (Å²) in [5.74, 6) is -0.590. The predicted octanol–water partition coefficient (Wildman–Crippen LogP) is 1.32. The van der Waals surface area contributed by atoms with Crippen molar-refractivity contribution in [3.63, 3.8) is 0 Å². The highest BCUT2D eigenvalue weighted by Crippen LogP contribution is 2.08. The fourth-order valence-electron chi connectivity index (χ4n) is 1.43. The van der Waals surface area contributed by atoms with E-state index in [4.69, 9.17) is 5.73 Å². The molecule has 1 aromatic carbocycles. The van der Waals surface area contributed by atoms with Crippen molar-refractivity contribution in [1.82, 2.24) is 15.2 Å². The minimum Gasteiger partial charge on any atom is -0.368 e. The third-order valence-electron chi connectivity index (χ3n) is 2.12. The molecule has 0 radical (unpaired) electrons. The lowest BCUT2D eigenvalue weighted by Gasteiger charge is -2.02. The molecule has 4 N–H and O–H groups in total. The third kappa shape index (κ3) is 3.13. The minimum atomic E-state index is -0.581. The first kappa shape index (κ1) is 11.3. The zero-order valence-corrected chi connectivity index (χ0v) is 8.87. The monoisotopic (exact) mass is 239 g/mol. The second kappa shape index (κ2) is 4.77. The molecule has 90 valence electrons. The Bertz CT molecular complexity index is 491. The molecule has 1 aromatic heterocycles. The smallest absolute Gasteiger partial charge is 0.243 e. The zero-order chi connectivity index (χ0) is 12.3. The van der Waals surface area contributed by atoms with E-state index < -0.39 is 11.6 Å². The standard InChI is InChI=1S/C10H11F2N5/c11-7-3-6(4-8(12)5-7)1-2-14-10-15-9(13)16-17-10/h3-5H,1-2H2,(H4,13,14,15,16,17). The third-order valence-corrected chi connectivity index (χ3v) is 2.12. The lowest BCUT2D eigenvalue weighted by atomic mass is 10.1. The number of nitrogens with one attached hydrogen (secondary N) is 2.